The Morgan fingerprint density at radius 3 is 2.08 bits per heavy atom. The molecule has 0 aromatic rings. The average molecular weight is 370 g/mol. The standard InChI is InChI=1S/C16H27F3NO3S/c17-16(18,19)24(22,23)20-12-8-4-2-1-3-5-11-15(13-21)14-9-6-7-10-14/h14-15,20H,1-12H2. The van der Waals surface area contributed by atoms with E-state index in [0.717, 1.165) is 44.9 Å². The van der Waals surface area contributed by atoms with Crippen molar-refractivity contribution in [2.24, 2.45) is 11.8 Å². The summed E-state index contributed by atoms with van der Waals surface area (Å²) in [6, 6.07) is 0. The van der Waals surface area contributed by atoms with Gasteiger partial charge in [0.2, 0.25) is 6.29 Å². The second-order valence-corrected chi connectivity index (χ2v) is 8.28. The highest BCUT2D eigenvalue weighted by atomic mass is 32.2. The minimum absolute atomic E-state index is 0.0595. The van der Waals surface area contributed by atoms with E-state index in [4.69, 9.17) is 0 Å². The van der Waals surface area contributed by atoms with Crippen LogP contribution in [0.2, 0.25) is 0 Å². The van der Waals surface area contributed by atoms with Gasteiger partial charge in [-0.1, -0.05) is 44.9 Å². The molecule has 0 aromatic heterocycles. The molecular weight excluding hydrogens is 343 g/mol. The Hall–Kier alpha value is -0.630. The smallest absolute Gasteiger partial charge is 0.291 e. The molecule has 1 unspecified atom stereocenters. The van der Waals surface area contributed by atoms with Gasteiger partial charge in [0, 0.05) is 12.5 Å². The summed E-state index contributed by atoms with van der Waals surface area (Å²) in [6.45, 7) is -0.189. The number of unbranched alkanes of at least 4 members (excludes halogenated alkanes) is 5. The van der Waals surface area contributed by atoms with Crippen LogP contribution >= 0.6 is 0 Å². The van der Waals surface area contributed by atoms with E-state index in [1.54, 1.807) is 4.72 Å². The lowest BCUT2D eigenvalue weighted by molar-refractivity contribution is -0.0447. The van der Waals surface area contributed by atoms with E-state index in [9.17, 15) is 26.4 Å². The number of nitrogens with one attached hydrogen (secondary N) is 1. The van der Waals surface area contributed by atoms with Crippen LogP contribution in [0.3, 0.4) is 0 Å². The maximum atomic E-state index is 12.1. The Morgan fingerprint density at radius 1 is 1.00 bits per heavy atom. The third-order valence-electron chi connectivity index (χ3n) is 4.66. The zero-order chi connectivity index (χ0) is 18.1. The Labute approximate surface area is 142 Å². The number of carbonyl (C=O) groups excluding carboxylic acids is 1. The van der Waals surface area contributed by atoms with Crippen LogP contribution < -0.4 is 4.72 Å². The molecule has 0 bridgehead atoms. The lowest BCUT2D eigenvalue weighted by Crippen LogP contribution is -2.36. The van der Waals surface area contributed by atoms with E-state index in [1.165, 1.54) is 12.8 Å². The molecule has 1 aliphatic rings. The van der Waals surface area contributed by atoms with Gasteiger partial charge >= 0.3 is 15.5 Å². The van der Waals surface area contributed by atoms with E-state index in [1.807, 2.05) is 0 Å². The lowest BCUT2D eigenvalue weighted by atomic mass is 9.87. The van der Waals surface area contributed by atoms with Gasteiger partial charge in [0.1, 0.15) is 0 Å². The summed E-state index contributed by atoms with van der Waals surface area (Å²) in [5.74, 6) is 0.563. The van der Waals surface area contributed by atoms with Crippen molar-refractivity contribution in [1.82, 2.24) is 4.72 Å². The minimum atomic E-state index is -5.24. The van der Waals surface area contributed by atoms with E-state index in [0.29, 0.717) is 18.8 Å². The molecule has 1 saturated carbocycles. The van der Waals surface area contributed by atoms with E-state index >= 15 is 0 Å². The first-order chi connectivity index (χ1) is 11.3. The molecule has 1 N–H and O–H groups in total. The summed E-state index contributed by atoms with van der Waals surface area (Å²) in [5.41, 5.74) is -5.24. The van der Waals surface area contributed by atoms with E-state index in [2.05, 4.69) is 6.29 Å². The van der Waals surface area contributed by atoms with Gasteiger partial charge in [-0.25, -0.2) is 13.1 Å². The van der Waals surface area contributed by atoms with Crippen LogP contribution in [0.4, 0.5) is 13.2 Å². The van der Waals surface area contributed by atoms with Gasteiger partial charge < -0.3 is 0 Å². The first kappa shape index (κ1) is 21.4. The fourth-order valence-corrected chi connectivity index (χ4v) is 3.81. The molecule has 1 aliphatic carbocycles. The molecule has 0 amide bonds. The Bertz CT molecular complexity index is 460. The highest BCUT2D eigenvalue weighted by Gasteiger charge is 2.45. The van der Waals surface area contributed by atoms with Crippen molar-refractivity contribution >= 4 is 16.3 Å². The van der Waals surface area contributed by atoms with Crippen molar-refractivity contribution in [3.05, 3.63) is 0 Å². The molecule has 0 aliphatic heterocycles. The summed E-state index contributed by atoms with van der Waals surface area (Å²) in [5, 5.41) is 0. The first-order valence-corrected chi connectivity index (χ1v) is 10.2. The third kappa shape index (κ3) is 7.51. The molecular formula is C16H27F3NO3S. The lowest BCUT2D eigenvalue weighted by Gasteiger charge is -2.16. The normalized spacial score (nSPS) is 18.0. The van der Waals surface area contributed by atoms with Gasteiger partial charge in [-0.2, -0.15) is 13.2 Å². The van der Waals surface area contributed by atoms with Crippen molar-refractivity contribution < 1.29 is 26.4 Å². The molecule has 1 fully saturated rings. The van der Waals surface area contributed by atoms with Crippen LogP contribution in [0.15, 0.2) is 0 Å². The molecule has 0 heterocycles. The number of rotatable bonds is 12. The molecule has 1 atom stereocenters. The molecule has 4 nitrogen and oxygen atoms in total. The zero-order valence-electron chi connectivity index (χ0n) is 13.9. The molecule has 0 spiro atoms. The molecule has 0 saturated heterocycles. The average Bonchev–Trinajstić information content (AvgIpc) is 3.02. The van der Waals surface area contributed by atoms with Gasteiger partial charge in [-0.05, 0) is 31.6 Å². The maximum absolute atomic E-state index is 12.1. The van der Waals surface area contributed by atoms with Crippen LogP contribution in [0, 0.1) is 11.8 Å². The van der Waals surface area contributed by atoms with Crippen molar-refractivity contribution in [1.29, 1.82) is 0 Å². The molecule has 141 valence electrons. The summed E-state index contributed by atoms with van der Waals surface area (Å²) in [7, 11) is -5.21. The van der Waals surface area contributed by atoms with Crippen LogP contribution in [0.5, 0.6) is 0 Å². The Kier molecular flexibility index (Phi) is 9.26. The number of halogens is 3. The highest BCUT2D eigenvalue weighted by Crippen LogP contribution is 2.33. The summed E-state index contributed by atoms with van der Waals surface area (Å²) in [6.07, 6.45) is 12.6. The van der Waals surface area contributed by atoms with Gasteiger partial charge in [0.05, 0.1) is 0 Å². The van der Waals surface area contributed by atoms with Crippen LogP contribution in [-0.2, 0) is 14.8 Å². The molecule has 8 heteroatoms. The fraction of sp³-hybridized carbons (Fsp3) is 0.938. The third-order valence-corrected chi connectivity index (χ3v) is 5.85. The summed E-state index contributed by atoms with van der Waals surface area (Å²) in [4.78, 5) is 11.0. The molecule has 1 rings (SSSR count). The zero-order valence-corrected chi connectivity index (χ0v) is 14.7. The Morgan fingerprint density at radius 2 is 1.54 bits per heavy atom. The summed E-state index contributed by atoms with van der Waals surface area (Å²) < 4.78 is 59.3. The Balaban J connectivity index is 2.00. The van der Waals surface area contributed by atoms with Gasteiger partial charge in [-0.3, -0.25) is 4.79 Å². The first-order valence-electron chi connectivity index (χ1n) is 8.71. The van der Waals surface area contributed by atoms with Gasteiger partial charge in [0.25, 0.3) is 0 Å². The number of alkyl halides is 3. The maximum Gasteiger partial charge on any atom is 0.511 e. The number of hydrogen-bond donors (Lipinski definition) is 1. The monoisotopic (exact) mass is 370 g/mol. The molecule has 1 radical (unpaired) electrons. The van der Waals surface area contributed by atoms with Crippen LogP contribution in [0.1, 0.15) is 70.6 Å². The van der Waals surface area contributed by atoms with E-state index in [-0.39, 0.29) is 12.5 Å². The second-order valence-electron chi connectivity index (χ2n) is 6.52. The number of hydrogen-bond acceptors (Lipinski definition) is 3. The molecule has 0 aromatic carbocycles. The topological polar surface area (TPSA) is 63.2 Å². The largest absolute Gasteiger partial charge is 0.511 e. The van der Waals surface area contributed by atoms with Crippen molar-refractivity contribution in [3.8, 4) is 0 Å². The van der Waals surface area contributed by atoms with E-state index < -0.39 is 15.5 Å². The molecule has 24 heavy (non-hydrogen) atoms. The number of sulfonamides is 1. The van der Waals surface area contributed by atoms with Crippen LogP contribution in [0.25, 0.3) is 0 Å². The van der Waals surface area contributed by atoms with Crippen molar-refractivity contribution in [2.45, 2.75) is 76.1 Å². The SMILES string of the molecule is O=[C]C(CCCCCCCCNS(=O)(=O)C(F)(F)F)C1CCCC1. The van der Waals surface area contributed by atoms with Crippen molar-refractivity contribution in [2.75, 3.05) is 6.54 Å². The van der Waals surface area contributed by atoms with Crippen molar-refractivity contribution in [3.63, 3.8) is 0 Å². The quantitative estimate of drug-likeness (QED) is 0.527. The predicted octanol–water partition coefficient (Wildman–Crippen LogP) is 4.07. The minimum Gasteiger partial charge on any atom is -0.291 e. The second kappa shape index (κ2) is 10.4. The van der Waals surface area contributed by atoms with Gasteiger partial charge in [-0.15, -0.1) is 0 Å². The van der Waals surface area contributed by atoms with Gasteiger partial charge in [0.15, 0.2) is 0 Å². The summed E-state index contributed by atoms with van der Waals surface area (Å²) >= 11 is 0. The predicted molar refractivity (Wildman–Crippen MR) is 86.4 cm³/mol. The van der Waals surface area contributed by atoms with Crippen LogP contribution in [-0.4, -0.2) is 26.8 Å². The fourth-order valence-electron chi connectivity index (χ4n) is 3.24. The highest BCUT2D eigenvalue weighted by molar-refractivity contribution is 7.90.